The largest absolute Gasteiger partial charge is 0.464 e. The molecule has 0 saturated carbocycles. The van der Waals surface area contributed by atoms with Gasteiger partial charge < -0.3 is 24.7 Å². The average molecular weight is 481 g/mol. The van der Waals surface area contributed by atoms with Gasteiger partial charge in [-0.05, 0) is 44.2 Å². The van der Waals surface area contributed by atoms with Crippen LogP contribution in [0.15, 0.2) is 36.5 Å². The van der Waals surface area contributed by atoms with Gasteiger partial charge in [-0.1, -0.05) is 43.7 Å². The Morgan fingerprint density at radius 1 is 1.11 bits per heavy atom. The van der Waals surface area contributed by atoms with Crippen molar-refractivity contribution in [1.29, 1.82) is 0 Å². The van der Waals surface area contributed by atoms with Crippen LogP contribution >= 0.6 is 0 Å². The molecule has 0 aliphatic rings. The van der Waals surface area contributed by atoms with Crippen LogP contribution < -0.4 is 10.6 Å². The van der Waals surface area contributed by atoms with Crippen molar-refractivity contribution in [3.63, 3.8) is 0 Å². The summed E-state index contributed by atoms with van der Waals surface area (Å²) in [6.45, 7) is 8.87. The highest BCUT2D eigenvalue weighted by molar-refractivity contribution is 6.11. The zero-order valence-corrected chi connectivity index (χ0v) is 21.5. The second kappa shape index (κ2) is 11.8. The number of methoxy groups -OCH3 is 2. The van der Waals surface area contributed by atoms with E-state index in [9.17, 15) is 9.59 Å². The first-order chi connectivity index (χ1) is 16.7. The number of benzene rings is 1. The van der Waals surface area contributed by atoms with E-state index in [1.807, 2.05) is 10.6 Å². The van der Waals surface area contributed by atoms with Crippen molar-refractivity contribution in [2.45, 2.75) is 53.1 Å². The van der Waals surface area contributed by atoms with Crippen LogP contribution in [0.5, 0.6) is 0 Å². The van der Waals surface area contributed by atoms with Gasteiger partial charge in [0.1, 0.15) is 12.3 Å². The Morgan fingerprint density at radius 3 is 2.46 bits per heavy atom. The third-order valence-corrected chi connectivity index (χ3v) is 5.82. The molecule has 8 nitrogen and oxygen atoms in total. The van der Waals surface area contributed by atoms with Crippen LogP contribution in [-0.2, 0) is 27.2 Å². The lowest BCUT2D eigenvalue weighted by Crippen LogP contribution is -2.20. The SMILES string of the molecule is COCC(=O)Nc1c(C(=O)OC)n(CCC(C)C)c2ncc(N[C@H](C)Cc3ccc(C)cc3)cc12. The second-order valence-corrected chi connectivity index (χ2v) is 9.36. The highest BCUT2D eigenvalue weighted by Crippen LogP contribution is 2.33. The first-order valence-corrected chi connectivity index (χ1v) is 11.9. The Hall–Kier alpha value is -3.39. The van der Waals surface area contributed by atoms with Crippen LogP contribution in [0.2, 0.25) is 0 Å². The van der Waals surface area contributed by atoms with E-state index in [-0.39, 0.29) is 24.2 Å². The summed E-state index contributed by atoms with van der Waals surface area (Å²) in [5, 5.41) is 7.02. The molecule has 2 heterocycles. The van der Waals surface area contributed by atoms with Crippen LogP contribution in [-0.4, -0.2) is 48.3 Å². The molecule has 0 spiro atoms. The molecule has 2 aromatic heterocycles. The van der Waals surface area contributed by atoms with Crippen molar-refractivity contribution >= 4 is 34.3 Å². The van der Waals surface area contributed by atoms with Crippen LogP contribution in [0.25, 0.3) is 11.0 Å². The lowest BCUT2D eigenvalue weighted by Gasteiger charge is -2.16. The van der Waals surface area contributed by atoms with Crippen LogP contribution in [0.4, 0.5) is 11.4 Å². The zero-order chi connectivity index (χ0) is 25.5. The van der Waals surface area contributed by atoms with Crippen molar-refractivity contribution < 1.29 is 19.1 Å². The Kier molecular flexibility index (Phi) is 8.87. The number of nitrogens with zero attached hydrogens (tertiary/aromatic N) is 2. The van der Waals surface area contributed by atoms with E-state index in [0.717, 1.165) is 18.5 Å². The number of anilines is 2. The van der Waals surface area contributed by atoms with Crippen LogP contribution in [0, 0.1) is 12.8 Å². The van der Waals surface area contributed by atoms with Gasteiger partial charge >= 0.3 is 5.97 Å². The Balaban J connectivity index is 2.01. The van der Waals surface area contributed by atoms with Crippen molar-refractivity contribution in [1.82, 2.24) is 9.55 Å². The Bertz CT molecular complexity index is 1170. The first kappa shape index (κ1) is 26.2. The normalized spacial score (nSPS) is 12.1. The summed E-state index contributed by atoms with van der Waals surface area (Å²) in [5.74, 6) is -0.457. The molecular formula is C27H36N4O4. The maximum atomic E-state index is 12.8. The molecule has 35 heavy (non-hydrogen) atoms. The molecule has 1 aromatic carbocycles. The molecule has 0 bridgehead atoms. The van der Waals surface area contributed by atoms with Gasteiger partial charge in [0, 0.05) is 25.1 Å². The maximum absolute atomic E-state index is 12.8. The van der Waals surface area contributed by atoms with E-state index in [1.165, 1.54) is 25.3 Å². The summed E-state index contributed by atoms with van der Waals surface area (Å²) in [7, 11) is 2.78. The standard InChI is InChI=1S/C27H36N4O4/c1-17(2)11-12-31-25(27(33)35-6)24(30-23(32)16-34-5)22-14-21(15-28-26(22)31)29-19(4)13-20-9-7-18(3)8-10-20/h7-10,14-15,17,19,29H,11-13,16H2,1-6H3,(H,30,32)/t19-/m1/s1. The molecule has 3 aromatic rings. The fourth-order valence-corrected chi connectivity index (χ4v) is 4.06. The number of hydrogen-bond donors (Lipinski definition) is 2. The van der Waals surface area contributed by atoms with Crippen molar-refractivity contribution in [2.75, 3.05) is 31.5 Å². The lowest BCUT2D eigenvalue weighted by atomic mass is 10.1. The molecule has 0 aliphatic carbocycles. The van der Waals surface area contributed by atoms with Crippen LogP contribution in [0.1, 0.15) is 48.8 Å². The fraction of sp³-hybridized carbons (Fsp3) is 0.444. The third-order valence-electron chi connectivity index (χ3n) is 5.82. The molecule has 1 atom stereocenters. The molecule has 1 amide bonds. The molecule has 8 heteroatoms. The number of carbonyl (C=O) groups excluding carboxylic acids is 2. The van der Waals surface area contributed by atoms with E-state index in [4.69, 9.17) is 14.5 Å². The van der Waals surface area contributed by atoms with Gasteiger partial charge in [-0.25, -0.2) is 9.78 Å². The number of fused-ring (bicyclic) bond motifs is 1. The third kappa shape index (κ3) is 6.60. The van der Waals surface area contributed by atoms with Gasteiger partial charge in [0.25, 0.3) is 0 Å². The number of ether oxygens (including phenoxy) is 2. The Labute approximate surface area is 207 Å². The number of nitrogens with one attached hydrogen (secondary N) is 2. The maximum Gasteiger partial charge on any atom is 0.356 e. The second-order valence-electron chi connectivity index (χ2n) is 9.36. The van der Waals surface area contributed by atoms with Gasteiger partial charge in [-0.15, -0.1) is 0 Å². The lowest BCUT2D eigenvalue weighted by molar-refractivity contribution is -0.119. The summed E-state index contributed by atoms with van der Waals surface area (Å²) in [6.07, 6.45) is 3.45. The molecule has 0 fully saturated rings. The first-order valence-electron chi connectivity index (χ1n) is 11.9. The number of hydrogen-bond acceptors (Lipinski definition) is 6. The Morgan fingerprint density at radius 2 is 1.83 bits per heavy atom. The summed E-state index contributed by atoms with van der Waals surface area (Å²) in [6, 6.07) is 10.6. The highest BCUT2D eigenvalue weighted by Gasteiger charge is 2.26. The van der Waals surface area contributed by atoms with E-state index >= 15 is 0 Å². The quantitative estimate of drug-likeness (QED) is 0.383. The van der Waals surface area contributed by atoms with E-state index in [0.29, 0.717) is 29.2 Å². The zero-order valence-electron chi connectivity index (χ0n) is 21.5. The minimum Gasteiger partial charge on any atom is -0.464 e. The van der Waals surface area contributed by atoms with Gasteiger partial charge in [0.2, 0.25) is 5.91 Å². The number of aromatic nitrogens is 2. The molecule has 0 aliphatic heterocycles. The summed E-state index contributed by atoms with van der Waals surface area (Å²) in [4.78, 5) is 30.0. The number of aryl methyl sites for hydroxylation is 2. The van der Waals surface area contributed by atoms with Gasteiger partial charge in [-0.3, -0.25) is 4.79 Å². The summed E-state index contributed by atoms with van der Waals surface area (Å²) >= 11 is 0. The van der Waals surface area contributed by atoms with Crippen molar-refractivity contribution in [2.24, 2.45) is 5.92 Å². The van der Waals surface area contributed by atoms with Crippen LogP contribution in [0.3, 0.4) is 0 Å². The number of amides is 1. The number of carbonyl (C=O) groups is 2. The van der Waals surface area contributed by atoms with E-state index in [1.54, 1.807) is 6.20 Å². The number of pyridine rings is 1. The number of rotatable bonds is 11. The topological polar surface area (TPSA) is 94.5 Å². The minimum absolute atomic E-state index is 0.127. The molecule has 3 rings (SSSR count). The van der Waals surface area contributed by atoms with Crippen molar-refractivity contribution in [3.8, 4) is 0 Å². The predicted octanol–water partition coefficient (Wildman–Crippen LogP) is 4.81. The summed E-state index contributed by atoms with van der Waals surface area (Å²) in [5.41, 5.74) is 4.57. The highest BCUT2D eigenvalue weighted by atomic mass is 16.5. The fourth-order valence-electron chi connectivity index (χ4n) is 4.06. The molecule has 0 unspecified atom stereocenters. The number of esters is 1. The van der Waals surface area contributed by atoms with Gasteiger partial charge in [0.15, 0.2) is 5.69 Å². The van der Waals surface area contributed by atoms with Crippen molar-refractivity contribution in [3.05, 3.63) is 53.3 Å². The smallest absolute Gasteiger partial charge is 0.356 e. The molecule has 188 valence electrons. The molecule has 0 saturated heterocycles. The van der Waals surface area contributed by atoms with Gasteiger partial charge in [-0.2, -0.15) is 0 Å². The monoisotopic (exact) mass is 480 g/mol. The van der Waals surface area contributed by atoms with E-state index < -0.39 is 5.97 Å². The molecule has 0 radical (unpaired) electrons. The predicted molar refractivity (Wildman–Crippen MR) is 139 cm³/mol. The van der Waals surface area contributed by atoms with Gasteiger partial charge in [0.05, 0.1) is 24.7 Å². The average Bonchev–Trinajstić information content (AvgIpc) is 3.11. The minimum atomic E-state index is -0.526. The van der Waals surface area contributed by atoms with E-state index in [2.05, 4.69) is 62.6 Å². The molecular weight excluding hydrogens is 444 g/mol. The summed E-state index contributed by atoms with van der Waals surface area (Å²) < 4.78 is 11.9. The molecule has 2 N–H and O–H groups in total.